The van der Waals surface area contributed by atoms with E-state index in [4.69, 9.17) is 0 Å². The fourth-order valence-corrected chi connectivity index (χ4v) is 3.68. The summed E-state index contributed by atoms with van der Waals surface area (Å²) in [6, 6.07) is 0.365. The second-order valence-electron chi connectivity index (χ2n) is 7.55. The smallest absolute Gasteiger partial charge is 0.228 e. The Morgan fingerprint density at radius 2 is 2.00 bits per heavy atom. The molecule has 2 saturated carbocycles. The zero-order valence-electron chi connectivity index (χ0n) is 14.4. The Labute approximate surface area is 142 Å². The highest BCUT2D eigenvalue weighted by atomic mass is 16.2. The molecule has 3 fully saturated rings. The van der Waals surface area contributed by atoms with Crippen molar-refractivity contribution in [3.8, 4) is 0 Å². The Morgan fingerprint density at radius 1 is 1.21 bits per heavy atom. The molecule has 0 N–H and O–H groups in total. The molecule has 24 heavy (non-hydrogen) atoms. The summed E-state index contributed by atoms with van der Waals surface area (Å²) in [6.07, 6.45) is 9.78. The lowest BCUT2D eigenvalue weighted by Crippen LogP contribution is -2.47. The molecule has 1 aromatic rings. The van der Waals surface area contributed by atoms with Gasteiger partial charge in [0, 0.05) is 44.5 Å². The van der Waals surface area contributed by atoms with Crippen molar-refractivity contribution in [2.24, 2.45) is 18.9 Å². The Bertz CT molecular complexity index is 633. The molecule has 0 aromatic carbocycles. The van der Waals surface area contributed by atoms with E-state index in [9.17, 15) is 9.59 Å². The van der Waals surface area contributed by atoms with E-state index in [-0.39, 0.29) is 23.7 Å². The third-order valence-electron chi connectivity index (χ3n) is 5.51. The third-order valence-corrected chi connectivity index (χ3v) is 5.51. The van der Waals surface area contributed by atoms with Crippen LogP contribution < -0.4 is 0 Å². The van der Waals surface area contributed by atoms with Crippen LogP contribution >= 0.6 is 0 Å². The maximum Gasteiger partial charge on any atom is 0.228 e. The molecule has 2 aliphatic carbocycles. The normalized spacial score (nSPS) is 24.0. The maximum atomic E-state index is 13.1. The van der Waals surface area contributed by atoms with E-state index in [1.165, 1.54) is 0 Å². The molecule has 3 aliphatic rings. The van der Waals surface area contributed by atoms with E-state index in [1.807, 2.05) is 27.6 Å². The van der Waals surface area contributed by atoms with Crippen LogP contribution in [-0.4, -0.2) is 50.3 Å². The van der Waals surface area contributed by atoms with E-state index in [0.29, 0.717) is 19.1 Å². The van der Waals surface area contributed by atoms with Gasteiger partial charge in [-0.25, -0.2) is 4.98 Å². The van der Waals surface area contributed by atoms with Crippen molar-refractivity contribution in [1.82, 2.24) is 19.4 Å². The van der Waals surface area contributed by atoms with Crippen LogP contribution in [0.4, 0.5) is 0 Å². The zero-order chi connectivity index (χ0) is 16.7. The van der Waals surface area contributed by atoms with Crippen molar-refractivity contribution in [1.29, 1.82) is 0 Å². The topological polar surface area (TPSA) is 58.4 Å². The summed E-state index contributed by atoms with van der Waals surface area (Å²) in [6.45, 7) is 2.01. The average molecular weight is 330 g/mol. The molecular formula is C18H26N4O2. The minimum atomic E-state index is -0.0395. The van der Waals surface area contributed by atoms with Gasteiger partial charge in [-0.15, -0.1) is 0 Å². The van der Waals surface area contributed by atoms with Crippen LogP contribution in [0.5, 0.6) is 0 Å². The van der Waals surface area contributed by atoms with Crippen LogP contribution in [0.1, 0.15) is 44.3 Å². The average Bonchev–Trinajstić information content (AvgIpc) is 3.51. The van der Waals surface area contributed by atoms with Crippen LogP contribution in [0, 0.1) is 11.8 Å². The lowest BCUT2D eigenvalue weighted by Gasteiger charge is -2.35. The van der Waals surface area contributed by atoms with E-state index < -0.39 is 0 Å². The second kappa shape index (κ2) is 6.22. The number of aromatic nitrogens is 2. The standard InChI is InChI=1S/C18H26N4O2/c1-20-10-8-19-16(20)12-22(15-6-7-15)18(24)14-3-2-9-21(11-14)17(23)13-4-5-13/h8,10,13-15H,2-7,9,11-12H2,1H3. The molecule has 4 rings (SSSR count). The number of piperidine rings is 1. The number of carbonyl (C=O) groups is 2. The molecule has 1 aliphatic heterocycles. The summed E-state index contributed by atoms with van der Waals surface area (Å²) in [5, 5.41) is 0. The van der Waals surface area contributed by atoms with E-state index >= 15 is 0 Å². The summed E-state index contributed by atoms with van der Waals surface area (Å²) in [5.41, 5.74) is 0. The summed E-state index contributed by atoms with van der Waals surface area (Å²) < 4.78 is 1.98. The van der Waals surface area contributed by atoms with Gasteiger partial charge in [0.1, 0.15) is 5.82 Å². The number of aryl methyl sites for hydroxylation is 1. The van der Waals surface area contributed by atoms with E-state index in [1.54, 1.807) is 6.20 Å². The zero-order valence-corrected chi connectivity index (χ0v) is 14.4. The number of hydrogen-bond donors (Lipinski definition) is 0. The van der Waals surface area contributed by atoms with Crippen LogP contribution in [0.3, 0.4) is 0 Å². The largest absolute Gasteiger partial charge is 0.342 e. The molecular weight excluding hydrogens is 304 g/mol. The van der Waals surface area contributed by atoms with Crippen molar-refractivity contribution in [3.63, 3.8) is 0 Å². The van der Waals surface area contributed by atoms with Gasteiger partial charge in [-0.3, -0.25) is 9.59 Å². The number of likely N-dealkylation sites (tertiary alicyclic amines) is 1. The molecule has 6 nitrogen and oxygen atoms in total. The Kier molecular flexibility index (Phi) is 4.06. The first-order valence-electron chi connectivity index (χ1n) is 9.19. The van der Waals surface area contributed by atoms with Gasteiger partial charge in [0.05, 0.1) is 12.5 Å². The molecule has 1 aromatic heterocycles. The Balaban J connectivity index is 1.43. The third kappa shape index (κ3) is 3.19. The van der Waals surface area contributed by atoms with Gasteiger partial charge in [-0.2, -0.15) is 0 Å². The summed E-state index contributed by atoms with van der Waals surface area (Å²) in [5.74, 6) is 1.62. The summed E-state index contributed by atoms with van der Waals surface area (Å²) in [7, 11) is 1.97. The number of imidazole rings is 1. The second-order valence-corrected chi connectivity index (χ2v) is 7.55. The molecule has 2 amide bonds. The number of rotatable bonds is 5. The first kappa shape index (κ1) is 15.7. The van der Waals surface area contributed by atoms with E-state index in [0.717, 1.165) is 50.9 Å². The van der Waals surface area contributed by atoms with E-state index in [2.05, 4.69) is 4.98 Å². The van der Waals surface area contributed by atoms with Gasteiger partial charge in [-0.05, 0) is 38.5 Å². The minimum Gasteiger partial charge on any atom is -0.342 e. The van der Waals surface area contributed by atoms with Gasteiger partial charge in [-0.1, -0.05) is 0 Å². The van der Waals surface area contributed by atoms with Crippen LogP contribution in [0.25, 0.3) is 0 Å². The van der Waals surface area contributed by atoms with Crippen molar-refractivity contribution in [3.05, 3.63) is 18.2 Å². The molecule has 6 heteroatoms. The SMILES string of the molecule is Cn1ccnc1CN(C(=O)C1CCCN(C(=O)C2CC2)C1)C1CC1. The Morgan fingerprint density at radius 3 is 2.62 bits per heavy atom. The fraction of sp³-hybridized carbons (Fsp3) is 0.722. The summed E-state index contributed by atoms with van der Waals surface area (Å²) >= 11 is 0. The molecule has 0 radical (unpaired) electrons. The number of carbonyl (C=O) groups excluding carboxylic acids is 2. The van der Waals surface area contributed by atoms with Gasteiger partial charge in [0.2, 0.25) is 11.8 Å². The Hall–Kier alpha value is -1.85. The van der Waals surface area contributed by atoms with Crippen molar-refractivity contribution < 1.29 is 9.59 Å². The first-order valence-corrected chi connectivity index (χ1v) is 9.19. The van der Waals surface area contributed by atoms with Crippen LogP contribution in [0.15, 0.2) is 12.4 Å². The predicted molar refractivity (Wildman–Crippen MR) is 88.8 cm³/mol. The number of amides is 2. The molecule has 0 spiro atoms. The molecule has 1 atom stereocenters. The molecule has 130 valence electrons. The maximum absolute atomic E-state index is 13.1. The highest BCUT2D eigenvalue weighted by Gasteiger charge is 2.40. The molecule has 0 bridgehead atoms. The lowest BCUT2D eigenvalue weighted by molar-refractivity contribution is -0.142. The molecule has 1 saturated heterocycles. The first-order chi connectivity index (χ1) is 11.6. The monoisotopic (exact) mass is 330 g/mol. The fourth-order valence-electron chi connectivity index (χ4n) is 3.68. The lowest BCUT2D eigenvalue weighted by atomic mass is 9.96. The van der Waals surface area contributed by atoms with Gasteiger partial charge < -0.3 is 14.4 Å². The van der Waals surface area contributed by atoms with Crippen LogP contribution in [0.2, 0.25) is 0 Å². The number of hydrogen-bond acceptors (Lipinski definition) is 3. The van der Waals surface area contributed by atoms with Crippen molar-refractivity contribution >= 4 is 11.8 Å². The number of nitrogens with zero attached hydrogens (tertiary/aromatic N) is 4. The predicted octanol–water partition coefficient (Wildman–Crippen LogP) is 1.56. The van der Waals surface area contributed by atoms with Crippen molar-refractivity contribution in [2.75, 3.05) is 13.1 Å². The van der Waals surface area contributed by atoms with Crippen molar-refractivity contribution in [2.45, 2.75) is 51.1 Å². The van der Waals surface area contributed by atoms with Gasteiger partial charge >= 0.3 is 0 Å². The molecule has 2 heterocycles. The quantitative estimate of drug-likeness (QED) is 0.823. The minimum absolute atomic E-state index is 0.0395. The van der Waals surface area contributed by atoms with Crippen LogP contribution in [-0.2, 0) is 23.2 Å². The summed E-state index contributed by atoms with van der Waals surface area (Å²) in [4.78, 5) is 33.8. The van der Waals surface area contributed by atoms with Gasteiger partial charge in [0.25, 0.3) is 0 Å². The molecule has 1 unspecified atom stereocenters. The highest BCUT2D eigenvalue weighted by Crippen LogP contribution is 2.34. The highest BCUT2D eigenvalue weighted by molar-refractivity contribution is 5.83. The van der Waals surface area contributed by atoms with Gasteiger partial charge in [0.15, 0.2) is 0 Å².